The van der Waals surface area contributed by atoms with Gasteiger partial charge in [-0.05, 0) is 55.0 Å². The van der Waals surface area contributed by atoms with E-state index in [0.717, 1.165) is 18.5 Å². The van der Waals surface area contributed by atoms with Gasteiger partial charge in [0, 0.05) is 0 Å². The minimum atomic E-state index is -2.23. The van der Waals surface area contributed by atoms with Crippen LogP contribution in [0.2, 0.25) is 12.1 Å². The number of rotatable bonds is 6. The molecule has 1 unspecified atom stereocenters. The second-order valence-corrected chi connectivity index (χ2v) is 13.8. The van der Waals surface area contributed by atoms with Crippen molar-refractivity contribution in [3.8, 4) is 0 Å². The van der Waals surface area contributed by atoms with Crippen LogP contribution in [0, 0.1) is 13.8 Å². The van der Waals surface area contributed by atoms with Crippen molar-refractivity contribution in [1.82, 2.24) is 0 Å². The van der Waals surface area contributed by atoms with E-state index < -0.39 is 6.69 Å². The third kappa shape index (κ3) is 5.15. The molecule has 2 aromatic carbocycles. The lowest BCUT2D eigenvalue weighted by atomic mass is 9.96. The van der Waals surface area contributed by atoms with Crippen molar-refractivity contribution >= 4 is 28.9 Å². The van der Waals surface area contributed by atoms with E-state index in [1.165, 1.54) is 22.3 Å². The zero-order valence-electron chi connectivity index (χ0n) is 13.6. The van der Waals surface area contributed by atoms with E-state index in [1.54, 1.807) is 0 Å². The lowest BCUT2D eigenvalue weighted by Crippen LogP contribution is -2.22. The molecule has 0 aliphatic heterocycles. The largest absolute Gasteiger partial charge is 0.252 e. The summed E-state index contributed by atoms with van der Waals surface area (Å²) in [5.41, 5.74) is 5.34. The number of hydrogen-bond acceptors (Lipinski definition) is 0. The molecule has 3 heteroatoms. The average molecular weight is 351 g/mol. The molecule has 0 aliphatic rings. The Morgan fingerprint density at radius 2 is 1.68 bits per heavy atom. The summed E-state index contributed by atoms with van der Waals surface area (Å²) in [4.78, 5) is 0. The Morgan fingerprint density at radius 1 is 1.00 bits per heavy atom. The van der Waals surface area contributed by atoms with Crippen molar-refractivity contribution in [2.24, 2.45) is 0 Å². The number of hydrogen-bond donors (Lipinski definition) is 0. The molecule has 0 nitrogen and oxygen atoms in total. The van der Waals surface area contributed by atoms with Crippen molar-refractivity contribution in [2.75, 3.05) is 0 Å². The van der Waals surface area contributed by atoms with E-state index in [4.69, 9.17) is 22.2 Å². The Morgan fingerprint density at radius 3 is 2.36 bits per heavy atom. The summed E-state index contributed by atoms with van der Waals surface area (Å²) in [6, 6.07) is 18.9. The minimum Gasteiger partial charge on any atom is -0.146 e. The molecule has 0 aliphatic carbocycles. The van der Waals surface area contributed by atoms with E-state index in [9.17, 15) is 0 Å². The van der Waals surface area contributed by atoms with Gasteiger partial charge in [-0.3, -0.25) is 0 Å². The maximum absolute atomic E-state index is 6.73. The summed E-state index contributed by atoms with van der Waals surface area (Å²) in [7, 11) is 0. The van der Waals surface area contributed by atoms with Gasteiger partial charge < -0.3 is 0 Å². The highest BCUT2D eigenvalue weighted by Crippen LogP contribution is 2.36. The number of aryl methyl sites for hydroxylation is 3. The molecular weight excluding hydrogens is 327 g/mol. The van der Waals surface area contributed by atoms with Gasteiger partial charge >= 0.3 is 0 Å². The SMILES string of the molecule is Cc1ccc(C)c(C(C)C[Si](Cl)(Cl)CCc2ccccc2)c1. The van der Waals surface area contributed by atoms with E-state index in [-0.39, 0.29) is 0 Å². The second-order valence-electron chi connectivity index (χ2n) is 6.31. The topological polar surface area (TPSA) is 0 Å². The van der Waals surface area contributed by atoms with Crippen LogP contribution in [0.3, 0.4) is 0 Å². The summed E-state index contributed by atoms with van der Waals surface area (Å²) in [6.45, 7) is 4.32. The highest BCUT2D eigenvalue weighted by Gasteiger charge is 2.31. The van der Waals surface area contributed by atoms with Gasteiger partial charge in [-0.2, -0.15) is 0 Å². The Kier molecular flexibility index (Phi) is 6.14. The van der Waals surface area contributed by atoms with Gasteiger partial charge in [-0.15, -0.1) is 22.2 Å². The molecule has 0 heterocycles. The van der Waals surface area contributed by atoms with Gasteiger partial charge in [0.25, 0.3) is 6.69 Å². The summed E-state index contributed by atoms with van der Waals surface area (Å²) >= 11 is 13.5. The van der Waals surface area contributed by atoms with Crippen molar-refractivity contribution in [2.45, 2.75) is 45.2 Å². The maximum atomic E-state index is 6.73. The van der Waals surface area contributed by atoms with Crippen molar-refractivity contribution < 1.29 is 0 Å². The zero-order valence-corrected chi connectivity index (χ0v) is 16.1. The first-order valence-corrected chi connectivity index (χ1v) is 12.3. The molecule has 0 spiro atoms. The molecule has 118 valence electrons. The molecular formula is C19H24Cl2Si. The van der Waals surface area contributed by atoms with Gasteiger partial charge in [0.2, 0.25) is 0 Å². The van der Waals surface area contributed by atoms with E-state index >= 15 is 0 Å². The van der Waals surface area contributed by atoms with Gasteiger partial charge in [-0.1, -0.05) is 61.0 Å². The predicted molar refractivity (Wildman–Crippen MR) is 102 cm³/mol. The lowest BCUT2D eigenvalue weighted by Gasteiger charge is -2.23. The van der Waals surface area contributed by atoms with E-state index in [0.29, 0.717) is 5.92 Å². The fraction of sp³-hybridized carbons (Fsp3) is 0.368. The van der Waals surface area contributed by atoms with Crippen molar-refractivity contribution in [3.63, 3.8) is 0 Å². The second kappa shape index (κ2) is 7.67. The van der Waals surface area contributed by atoms with Crippen LogP contribution in [0.4, 0.5) is 0 Å². The summed E-state index contributed by atoms with van der Waals surface area (Å²) in [6.07, 6.45) is 0.972. The molecule has 0 radical (unpaired) electrons. The van der Waals surface area contributed by atoms with Crippen LogP contribution < -0.4 is 0 Å². The average Bonchev–Trinajstić information content (AvgIpc) is 2.48. The maximum Gasteiger partial charge on any atom is 0.252 e. The zero-order chi connectivity index (χ0) is 16.2. The lowest BCUT2D eigenvalue weighted by molar-refractivity contribution is 0.838. The summed E-state index contributed by atoms with van der Waals surface area (Å²) in [5, 5.41) is 0. The molecule has 0 fully saturated rings. The molecule has 0 bridgehead atoms. The first-order valence-electron chi connectivity index (χ1n) is 7.86. The van der Waals surface area contributed by atoms with Crippen LogP contribution in [0.5, 0.6) is 0 Å². The first kappa shape index (κ1) is 17.6. The summed E-state index contributed by atoms with van der Waals surface area (Å²) in [5.74, 6) is 0.414. The molecule has 0 N–H and O–H groups in total. The fourth-order valence-electron chi connectivity index (χ4n) is 2.92. The molecule has 1 atom stereocenters. The van der Waals surface area contributed by atoms with Crippen LogP contribution in [-0.2, 0) is 6.42 Å². The number of halogens is 2. The molecule has 0 saturated carbocycles. The van der Waals surface area contributed by atoms with Gasteiger partial charge in [0.05, 0.1) is 0 Å². The van der Waals surface area contributed by atoms with Crippen molar-refractivity contribution in [1.29, 1.82) is 0 Å². The standard InChI is InChI=1S/C19H24Cl2Si/c1-15-9-10-16(2)19(13-15)17(3)14-22(20,21)12-11-18-7-5-4-6-8-18/h4-10,13,17H,11-12,14H2,1-3H3. The highest BCUT2D eigenvalue weighted by atomic mass is 35.7. The molecule has 2 aromatic rings. The van der Waals surface area contributed by atoms with Crippen LogP contribution in [0.1, 0.15) is 35.1 Å². The predicted octanol–water partition coefficient (Wildman–Crippen LogP) is 6.57. The Hall–Kier alpha value is -0.763. The molecule has 2 rings (SSSR count). The van der Waals surface area contributed by atoms with Crippen LogP contribution >= 0.6 is 22.2 Å². The highest BCUT2D eigenvalue weighted by molar-refractivity contribution is 7.45. The minimum absolute atomic E-state index is 0.414. The smallest absolute Gasteiger partial charge is 0.146 e. The van der Waals surface area contributed by atoms with E-state index in [2.05, 4.69) is 63.2 Å². The molecule has 0 saturated heterocycles. The first-order chi connectivity index (χ1) is 10.4. The molecule has 0 amide bonds. The van der Waals surface area contributed by atoms with Crippen LogP contribution in [-0.4, -0.2) is 6.69 Å². The quantitative estimate of drug-likeness (QED) is 0.408. The molecule has 0 aromatic heterocycles. The third-order valence-electron chi connectivity index (χ3n) is 4.19. The van der Waals surface area contributed by atoms with Gasteiger partial charge in [0.15, 0.2) is 0 Å². The van der Waals surface area contributed by atoms with Crippen LogP contribution in [0.15, 0.2) is 48.5 Å². The Labute approximate surface area is 144 Å². The molecule has 22 heavy (non-hydrogen) atoms. The third-order valence-corrected chi connectivity index (χ3v) is 8.44. The normalized spacial score (nSPS) is 13.1. The Bertz CT molecular complexity index is 608. The monoisotopic (exact) mass is 350 g/mol. The van der Waals surface area contributed by atoms with E-state index in [1.807, 2.05) is 6.07 Å². The van der Waals surface area contributed by atoms with Crippen molar-refractivity contribution in [3.05, 3.63) is 70.8 Å². The summed E-state index contributed by atoms with van der Waals surface area (Å²) < 4.78 is 0. The Balaban J connectivity index is 1.99. The van der Waals surface area contributed by atoms with Gasteiger partial charge in [0.1, 0.15) is 0 Å². The van der Waals surface area contributed by atoms with Gasteiger partial charge in [-0.25, -0.2) is 0 Å². The fourth-order valence-corrected chi connectivity index (χ4v) is 6.85. The van der Waals surface area contributed by atoms with Crippen LogP contribution in [0.25, 0.3) is 0 Å². The number of benzene rings is 2.